The average Bonchev–Trinajstić information content (AvgIpc) is 3.16. The van der Waals surface area contributed by atoms with Gasteiger partial charge in [0.05, 0.1) is 36.8 Å². The number of methoxy groups -OCH3 is 2. The first-order valence-electron chi connectivity index (χ1n) is 8.77. The highest BCUT2D eigenvalue weighted by atomic mass is 32.1. The van der Waals surface area contributed by atoms with Crippen LogP contribution in [0.25, 0.3) is 0 Å². The Morgan fingerprint density at radius 2 is 1.60 bits per heavy atom. The molecule has 3 rings (SSSR count). The molecule has 0 saturated carbocycles. The number of carbonyl (C=O) groups is 2. The smallest absolute Gasteiger partial charge is 0.416 e. The van der Waals surface area contributed by atoms with E-state index in [1.165, 1.54) is 55.0 Å². The van der Waals surface area contributed by atoms with Crippen LogP contribution in [0.1, 0.15) is 21.2 Å². The van der Waals surface area contributed by atoms with E-state index < -0.39 is 29.6 Å². The molecule has 0 atom stereocenters. The number of halogens is 3. The van der Waals surface area contributed by atoms with Crippen LogP contribution in [0.2, 0.25) is 0 Å². The van der Waals surface area contributed by atoms with Gasteiger partial charge in [-0.3, -0.25) is 0 Å². The summed E-state index contributed by atoms with van der Waals surface area (Å²) in [6.45, 7) is 1.88. The second-order valence-corrected chi connectivity index (χ2v) is 7.81. The summed E-state index contributed by atoms with van der Waals surface area (Å²) >= 11 is 1.40. The molecule has 0 saturated heterocycles. The van der Waals surface area contributed by atoms with Gasteiger partial charge in [0.15, 0.2) is 0 Å². The van der Waals surface area contributed by atoms with Gasteiger partial charge in [0.2, 0.25) is 0 Å². The predicted octanol–water partition coefficient (Wildman–Crippen LogP) is 4.79. The Morgan fingerprint density at radius 3 is 2.07 bits per heavy atom. The normalized spacial score (nSPS) is 14.8. The molecular formula is C21H18F3NO4S. The van der Waals surface area contributed by atoms with E-state index in [0.29, 0.717) is 4.88 Å². The molecule has 30 heavy (non-hydrogen) atoms. The highest BCUT2D eigenvalue weighted by Gasteiger charge is 2.37. The number of carbonyl (C=O) groups excluding carboxylic acids is 2. The van der Waals surface area contributed by atoms with Crippen LogP contribution in [-0.4, -0.2) is 26.2 Å². The van der Waals surface area contributed by atoms with Gasteiger partial charge in [-0.2, -0.15) is 13.2 Å². The summed E-state index contributed by atoms with van der Waals surface area (Å²) in [6.07, 6.45) is -1.77. The molecule has 1 aliphatic heterocycles. The maximum absolute atomic E-state index is 13.1. The van der Waals surface area contributed by atoms with Gasteiger partial charge < -0.3 is 14.4 Å². The number of benzene rings is 1. The van der Waals surface area contributed by atoms with Gasteiger partial charge in [0, 0.05) is 27.8 Å². The van der Waals surface area contributed by atoms with E-state index >= 15 is 0 Å². The van der Waals surface area contributed by atoms with Crippen molar-refractivity contribution in [1.29, 1.82) is 0 Å². The van der Waals surface area contributed by atoms with Crippen molar-refractivity contribution in [2.45, 2.75) is 19.0 Å². The first-order chi connectivity index (χ1) is 14.2. The van der Waals surface area contributed by atoms with Gasteiger partial charge in [-0.1, -0.05) is 6.07 Å². The average molecular weight is 437 g/mol. The minimum absolute atomic E-state index is 0.111. The highest BCUT2D eigenvalue weighted by molar-refractivity contribution is 7.12. The van der Waals surface area contributed by atoms with Gasteiger partial charge in [0.1, 0.15) is 0 Å². The number of hydrogen-bond acceptors (Lipinski definition) is 6. The molecule has 0 spiro atoms. The Hall–Kier alpha value is -3.07. The van der Waals surface area contributed by atoms with E-state index in [2.05, 4.69) is 0 Å². The Balaban J connectivity index is 2.17. The number of nitrogens with zero attached hydrogens (tertiary/aromatic N) is 1. The summed E-state index contributed by atoms with van der Waals surface area (Å²) < 4.78 is 49.2. The molecule has 0 aliphatic carbocycles. The lowest BCUT2D eigenvalue weighted by Crippen LogP contribution is -2.28. The Morgan fingerprint density at radius 1 is 1.00 bits per heavy atom. The van der Waals surface area contributed by atoms with E-state index in [0.717, 1.165) is 17.0 Å². The number of esters is 2. The van der Waals surface area contributed by atoms with Crippen molar-refractivity contribution in [2.75, 3.05) is 19.1 Å². The van der Waals surface area contributed by atoms with Crippen LogP contribution >= 0.6 is 11.3 Å². The molecule has 0 radical (unpaired) electrons. The Kier molecular flexibility index (Phi) is 6.02. The lowest BCUT2D eigenvalue weighted by atomic mass is 9.87. The van der Waals surface area contributed by atoms with E-state index in [4.69, 9.17) is 9.47 Å². The maximum Gasteiger partial charge on any atom is 0.416 e. The molecular weight excluding hydrogens is 419 g/mol. The van der Waals surface area contributed by atoms with Crippen molar-refractivity contribution >= 4 is 29.0 Å². The van der Waals surface area contributed by atoms with Crippen molar-refractivity contribution in [3.63, 3.8) is 0 Å². The third kappa shape index (κ3) is 4.25. The summed E-state index contributed by atoms with van der Waals surface area (Å²) in [5, 5.41) is 0. The number of rotatable bonds is 4. The SMILES string of the molecule is COC(=O)C1=CN(c2cccc(C(F)(F)F)c2)C=C(C(=O)OC)C1c1ccc(C)s1. The van der Waals surface area contributed by atoms with Crippen LogP contribution in [0, 0.1) is 6.92 Å². The summed E-state index contributed by atoms with van der Waals surface area (Å²) in [6, 6.07) is 8.22. The molecule has 1 aliphatic rings. The van der Waals surface area contributed by atoms with Gasteiger partial charge in [-0.25, -0.2) is 9.59 Å². The Labute approximate surface area is 175 Å². The molecule has 2 aromatic rings. The molecule has 0 unspecified atom stereocenters. The van der Waals surface area contributed by atoms with E-state index in [-0.39, 0.29) is 16.8 Å². The minimum Gasteiger partial charge on any atom is -0.466 e. The monoisotopic (exact) mass is 437 g/mol. The predicted molar refractivity (Wildman–Crippen MR) is 106 cm³/mol. The summed E-state index contributed by atoms with van der Waals surface area (Å²) in [5.74, 6) is -2.15. The van der Waals surface area contributed by atoms with Gasteiger partial charge in [-0.15, -0.1) is 11.3 Å². The van der Waals surface area contributed by atoms with Crippen molar-refractivity contribution in [1.82, 2.24) is 0 Å². The van der Waals surface area contributed by atoms with Crippen LogP contribution in [-0.2, 0) is 25.2 Å². The minimum atomic E-state index is -4.54. The van der Waals surface area contributed by atoms with E-state index in [1.54, 1.807) is 6.07 Å². The van der Waals surface area contributed by atoms with Gasteiger partial charge >= 0.3 is 18.1 Å². The molecule has 2 heterocycles. The number of hydrogen-bond donors (Lipinski definition) is 0. The molecule has 1 aromatic heterocycles. The van der Waals surface area contributed by atoms with Crippen molar-refractivity contribution < 1.29 is 32.2 Å². The fourth-order valence-corrected chi connectivity index (χ4v) is 4.15. The van der Waals surface area contributed by atoms with Crippen molar-refractivity contribution in [3.8, 4) is 0 Å². The third-order valence-corrected chi connectivity index (χ3v) is 5.60. The number of alkyl halides is 3. The zero-order chi connectivity index (χ0) is 22.1. The molecule has 1 aromatic carbocycles. The molecule has 9 heteroatoms. The fourth-order valence-electron chi connectivity index (χ4n) is 3.14. The summed E-state index contributed by atoms with van der Waals surface area (Å²) in [4.78, 5) is 28.1. The van der Waals surface area contributed by atoms with Crippen LogP contribution < -0.4 is 4.90 Å². The van der Waals surface area contributed by atoms with Crippen LogP contribution in [0.3, 0.4) is 0 Å². The summed E-state index contributed by atoms with van der Waals surface area (Å²) in [7, 11) is 2.40. The zero-order valence-corrected chi connectivity index (χ0v) is 17.1. The van der Waals surface area contributed by atoms with Crippen molar-refractivity contribution in [3.05, 3.63) is 75.3 Å². The third-order valence-electron chi connectivity index (χ3n) is 4.54. The van der Waals surface area contributed by atoms with Crippen LogP contribution in [0.15, 0.2) is 59.9 Å². The topological polar surface area (TPSA) is 55.8 Å². The fraction of sp³-hybridized carbons (Fsp3) is 0.238. The second-order valence-electron chi connectivity index (χ2n) is 6.49. The van der Waals surface area contributed by atoms with Crippen molar-refractivity contribution in [2.24, 2.45) is 0 Å². The number of thiophene rings is 1. The second kappa shape index (κ2) is 8.35. The van der Waals surface area contributed by atoms with Crippen LogP contribution in [0.4, 0.5) is 18.9 Å². The Bertz CT molecular complexity index is 1000. The lowest BCUT2D eigenvalue weighted by Gasteiger charge is -2.29. The molecule has 0 fully saturated rings. The molecule has 0 N–H and O–H groups in total. The molecule has 0 amide bonds. The number of aryl methyl sites for hydroxylation is 1. The van der Waals surface area contributed by atoms with Crippen LogP contribution in [0.5, 0.6) is 0 Å². The number of ether oxygens (including phenoxy) is 2. The van der Waals surface area contributed by atoms with E-state index in [1.807, 2.05) is 13.0 Å². The zero-order valence-electron chi connectivity index (χ0n) is 16.3. The first kappa shape index (κ1) is 21.6. The quantitative estimate of drug-likeness (QED) is 0.644. The number of anilines is 1. The molecule has 5 nitrogen and oxygen atoms in total. The van der Waals surface area contributed by atoms with Gasteiger partial charge in [-0.05, 0) is 37.3 Å². The maximum atomic E-state index is 13.1. The lowest BCUT2D eigenvalue weighted by molar-refractivity contribution is -0.138. The molecule has 0 bridgehead atoms. The van der Waals surface area contributed by atoms with Gasteiger partial charge in [0.25, 0.3) is 0 Å². The van der Waals surface area contributed by atoms with E-state index in [9.17, 15) is 22.8 Å². The highest BCUT2D eigenvalue weighted by Crippen LogP contribution is 2.41. The first-order valence-corrected chi connectivity index (χ1v) is 9.59. The standard InChI is InChI=1S/C21H18F3NO4S/c1-12-7-8-17(30-12)18-15(19(26)28-2)10-25(11-16(18)20(27)29-3)14-6-4-5-13(9-14)21(22,23)24/h4-11,18H,1-3H3. The summed E-state index contributed by atoms with van der Waals surface area (Å²) in [5.41, 5.74) is -0.496. The largest absolute Gasteiger partial charge is 0.466 e. The molecule has 158 valence electrons.